The minimum absolute atomic E-state index is 0.111. The largest absolute Gasteiger partial charge is 0.312 e. The highest BCUT2D eigenvalue weighted by atomic mass is 32.1. The van der Waals surface area contributed by atoms with Crippen molar-refractivity contribution in [2.24, 2.45) is 0 Å². The Labute approximate surface area is 97.6 Å². The van der Waals surface area contributed by atoms with E-state index in [1.54, 1.807) is 17.4 Å². The highest BCUT2D eigenvalue weighted by Gasteiger charge is 2.13. The lowest BCUT2D eigenvalue weighted by atomic mass is 10.0. The fourth-order valence-corrected chi connectivity index (χ4v) is 3.13. The van der Waals surface area contributed by atoms with Crippen molar-refractivity contribution in [3.8, 4) is 0 Å². The van der Waals surface area contributed by atoms with Gasteiger partial charge in [0.05, 0.1) is 0 Å². The molecule has 0 atom stereocenters. The van der Waals surface area contributed by atoms with Crippen LogP contribution in [-0.4, -0.2) is 13.1 Å². The molecular weight excluding hydrogens is 221 g/mol. The van der Waals surface area contributed by atoms with Crippen LogP contribution < -0.4 is 5.32 Å². The summed E-state index contributed by atoms with van der Waals surface area (Å²) in [5.74, 6) is -0.111. The molecule has 0 spiro atoms. The Balaban J connectivity index is 2.20. The summed E-state index contributed by atoms with van der Waals surface area (Å²) >= 11 is 1.61. The molecule has 0 fully saturated rings. The standard InChI is InChI=1S/C13H12FNS/c14-11-4-1-5-12-13(11)10(8-16-12)9-3-2-6-15-7-9/h1,3-5,8,15H,2,6-7H2. The number of halogens is 1. The monoisotopic (exact) mass is 233 g/mol. The number of hydrogen-bond donors (Lipinski definition) is 1. The van der Waals surface area contributed by atoms with Gasteiger partial charge in [-0.25, -0.2) is 4.39 Å². The van der Waals surface area contributed by atoms with E-state index < -0.39 is 0 Å². The number of nitrogens with one attached hydrogen (secondary N) is 1. The minimum Gasteiger partial charge on any atom is -0.312 e. The fraction of sp³-hybridized carbons (Fsp3) is 0.231. The minimum atomic E-state index is -0.111. The third-order valence-corrected chi connectivity index (χ3v) is 3.87. The van der Waals surface area contributed by atoms with Crippen LogP contribution in [0, 0.1) is 5.82 Å². The van der Waals surface area contributed by atoms with Gasteiger partial charge in [-0.3, -0.25) is 0 Å². The second-order valence-corrected chi connectivity index (χ2v) is 4.87. The lowest BCUT2D eigenvalue weighted by Gasteiger charge is -2.13. The maximum absolute atomic E-state index is 13.8. The summed E-state index contributed by atoms with van der Waals surface area (Å²) in [6.45, 7) is 1.87. The zero-order valence-corrected chi connectivity index (χ0v) is 9.61. The van der Waals surface area contributed by atoms with E-state index in [1.807, 2.05) is 6.07 Å². The van der Waals surface area contributed by atoms with E-state index in [9.17, 15) is 4.39 Å². The molecule has 1 aliphatic rings. The van der Waals surface area contributed by atoms with E-state index in [2.05, 4.69) is 16.8 Å². The molecule has 2 aromatic rings. The van der Waals surface area contributed by atoms with E-state index in [4.69, 9.17) is 0 Å². The van der Waals surface area contributed by atoms with E-state index in [-0.39, 0.29) is 5.82 Å². The van der Waals surface area contributed by atoms with Gasteiger partial charge in [-0.1, -0.05) is 12.1 Å². The Hall–Kier alpha value is -1.19. The van der Waals surface area contributed by atoms with Gasteiger partial charge in [-0.15, -0.1) is 11.3 Å². The van der Waals surface area contributed by atoms with Crippen LogP contribution >= 0.6 is 11.3 Å². The normalized spacial score (nSPS) is 16.4. The van der Waals surface area contributed by atoms with E-state index >= 15 is 0 Å². The number of rotatable bonds is 1. The van der Waals surface area contributed by atoms with E-state index in [0.717, 1.165) is 35.2 Å². The molecule has 1 aromatic heterocycles. The second kappa shape index (κ2) is 4.00. The van der Waals surface area contributed by atoms with Crippen molar-refractivity contribution in [1.29, 1.82) is 0 Å². The van der Waals surface area contributed by atoms with Gasteiger partial charge in [0.1, 0.15) is 5.82 Å². The van der Waals surface area contributed by atoms with Crippen LogP contribution in [0.1, 0.15) is 12.0 Å². The van der Waals surface area contributed by atoms with Crippen LogP contribution in [0.3, 0.4) is 0 Å². The van der Waals surface area contributed by atoms with Crippen molar-refractivity contribution >= 4 is 27.0 Å². The van der Waals surface area contributed by atoms with Gasteiger partial charge in [0, 0.05) is 22.2 Å². The van der Waals surface area contributed by atoms with Gasteiger partial charge >= 0.3 is 0 Å². The predicted molar refractivity (Wildman–Crippen MR) is 67.2 cm³/mol. The highest BCUT2D eigenvalue weighted by Crippen LogP contribution is 2.33. The van der Waals surface area contributed by atoms with Gasteiger partial charge in [0.25, 0.3) is 0 Å². The molecule has 0 radical (unpaired) electrons. The topological polar surface area (TPSA) is 12.0 Å². The molecule has 3 rings (SSSR count). The molecule has 0 bridgehead atoms. The van der Waals surface area contributed by atoms with Crippen molar-refractivity contribution in [3.05, 3.63) is 41.0 Å². The lowest BCUT2D eigenvalue weighted by molar-refractivity contribution is 0.640. The maximum Gasteiger partial charge on any atom is 0.132 e. The molecular formula is C13H12FNS. The molecule has 0 unspecified atom stereocenters. The average molecular weight is 233 g/mol. The van der Waals surface area contributed by atoms with Crippen LogP contribution in [0.15, 0.2) is 29.7 Å². The SMILES string of the molecule is Fc1cccc2scc(C3=CCCNC3)c12. The average Bonchev–Trinajstić information content (AvgIpc) is 2.75. The van der Waals surface area contributed by atoms with Crippen LogP contribution in [0.25, 0.3) is 15.7 Å². The highest BCUT2D eigenvalue weighted by molar-refractivity contribution is 7.17. The first kappa shape index (κ1) is 10.00. The smallest absolute Gasteiger partial charge is 0.132 e. The second-order valence-electron chi connectivity index (χ2n) is 3.96. The van der Waals surface area contributed by atoms with Crippen molar-refractivity contribution in [1.82, 2.24) is 5.32 Å². The van der Waals surface area contributed by atoms with Crippen LogP contribution in [-0.2, 0) is 0 Å². The van der Waals surface area contributed by atoms with Crippen LogP contribution in [0.4, 0.5) is 4.39 Å². The molecule has 1 nitrogen and oxygen atoms in total. The Kier molecular flexibility index (Phi) is 2.50. The number of hydrogen-bond acceptors (Lipinski definition) is 2. The molecule has 82 valence electrons. The van der Waals surface area contributed by atoms with Crippen molar-refractivity contribution in [2.75, 3.05) is 13.1 Å². The summed E-state index contributed by atoms with van der Waals surface area (Å²) in [6.07, 6.45) is 3.24. The van der Waals surface area contributed by atoms with E-state index in [1.165, 1.54) is 11.6 Å². The summed E-state index contributed by atoms with van der Waals surface area (Å²) in [4.78, 5) is 0. The number of thiophene rings is 1. The number of fused-ring (bicyclic) bond motifs is 1. The quantitative estimate of drug-likeness (QED) is 0.796. The van der Waals surface area contributed by atoms with Gasteiger partial charge in [0.15, 0.2) is 0 Å². The molecule has 1 aliphatic heterocycles. The molecule has 2 heterocycles. The van der Waals surface area contributed by atoms with Gasteiger partial charge < -0.3 is 5.32 Å². The Morgan fingerprint density at radius 3 is 3.06 bits per heavy atom. The molecule has 1 N–H and O–H groups in total. The predicted octanol–water partition coefficient (Wildman–Crippen LogP) is 3.42. The third kappa shape index (κ3) is 1.56. The van der Waals surface area contributed by atoms with Gasteiger partial charge in [-0.2, -0.15) is 0 Å². The molecule has 0 amide bonds. The summed E-state index contributed by atoms with van der Waals surface area (Å²) in [7, 11) is 0. The summed E-state index contributed by atoms with van der Waals surface area (Å²) in [5, 5.41) is 6.16. The van der Waals surface area contributed by atoms with Crippen molar-refractivity contribution < 1.29 is 4.39 Å². The summed E-state index contributed by atoms with van der Waals surface area (Å²) in [5.41, 5.74) is 2.29. The Bertz CT molecular complexity index is 556. The van der Waals surface area contributed by atoms with E-state index in [0.29, 0.717) is 0 Å². The molecule has 3 heteroatoms. The van der Waals surface area contributed by atoms with Crippen LogP contribution in [0.2, 0.25) is 0 Å². The zero-order valence-electron chi connectivity index (χ0n) is 8.79. The first-order valence-electron chi connectivity index (χ1n) is 5.42. The van der Waals surface area contributed by atoms with Crippen molar-refractivity contribution in [2.45, 2.75) is 6.42 Å². The van der Waals surface area contributed by atoms with Gasteiger partial charge in [0.2, 0.25) is 0 Å². The summed E-state index contributed by atoms with van der Waals surface area (Å²) in [6, 6.07) is 5.28. The zero-order chi connectivity index (χ0) is 11.0. The molecule has 0 saturated heterocycles. The molecule has 0 aliphatic carbocycles. The third-order valence-electron chi connectivity index (χ3n) is 2.92. The Morgan fingerprint density at radius 2 is 2.25 bits per heavy atom. The van der Waals surface area contributed by atoms with Crippen molar-refractivity contribution in [3.63, 3.8) is 0 Å². The summed E-state index contributed by atoms with van der Waals surface area (Å²) < 4.78 is 14.8. The maximum atomic E-state index is 13.8. The molecule has 16 heavy (non-hydrogen) atoms. The van der Waals surface area contributed by atoms with Crippen LogP contribution in [0.5, 0.6) is 0 Å². The fourth-order valence-electron chi connectivity index (χ4n) is 2.13. The first-order valence-corrected chi connectivity index (χ1v) is 6.30. The first-order chi connectivity index (χ1) is 7.86. The molecule has 0 saturated carbocycles. The van der Waals surface area contributed by atoms with Gasteiger partial charge in [-0.05, 0) is 36.1 Å². The lowest BCUT2D eigenvalue weighted by Crippen LogP contribution is -2.21. The number of benzene rings is 1. The Morgan fingerprint density at radius 1 is 1.31 bits per heavy atom. The molecule has 1 aromatic carbocycles.